The Morgan fingerprint density at radius 3 is 2.08 bits per heavy atom. The summed E-state index contributed by atoms with van der Waals surface area (Å²) in [5, 5.41) is 31.2. The largest absolute Gasteiger partial charge is 0.480 e. The van der Waals surface area contributed by atoms with Crippen molar-refractivity contribution in [1.82, 2.24) is 10.2 Å². The van der Waals surface area contributed by atoms with E-state index in [0.29, 0.717) is 23.3 Å². The average molecular weight is 717 g/mol. The minimum atomic E-state index is -1.09. The number of allylic oxidation sites excluding steroid dienone is 3. The Hall–Kier alpha value is -3.46. The maximum absolute atomic E-state index is 14.4. The molecule has 0 aliphatic heterocycles. The standard InChI is InChI=1S/C43H60N2O7/c1-26(2)29-14-19-43(38(52)44-22-23-45(24-34(46)47)25-35(48)49)21-20-41(6)31(36(29)43)12-13-33-40(5)17-15-30(27-8-10-28(11-9-27)37(50)51)39(3,4)32(40)16-18-42(33,41)7/h8-11,15,29,31-33,36H,1,12-14,16-25H2,2-7H3,(H,44,52)(H,46,47)(H,48,49)(H,50,51)/t29-,31?,32?,33?,36?,40-,41+,42+,43-/m0/s1. The molecule has 5 aliphatic carbocycles. The van der Waals surface area contributed by atoms with Gasteiger partial charge in [0, 0.05) is 13.1 Å². The summed E-state index contributed by atoms with van der Waals surface area (Å²) in [6.07, 6.45) is 11.5. The number of nitrogens with zero attached hydrogens (tertiary/aromatic N) is 1. The number of fused-ring (bicyclic) bond motifs is 7. The third-order valence-corrected chi connectivity index (χ3v) is 16.0. The number of carboxylic acid groups (broad SMARTS) is 3. The van der Waals surface area contributed by atoms with Crippen molar-refractivity contribution in [2.75, 3.05) is 26.2 Å². The van der Waals surface area contributed by atoms with Crippen molar-refractivity contribution in [2.24, 2.45) is 56.7 Å². The molecule has 4 saturated carbocycles. The molecule has 0 saturated heterocycles. The molecular weight excluding hydrogens is 656 g/mol. The van der Waals surface area contributed by atoms with E-state index in [4.69, 9.17) is 0 Å². The van der Waals surface area contributed by atoms with E-state index in [1.807, 2.05) is 12.1 Å². The summed E-state index contributed by atoms with van der Waals surface area (Å²) in [6.45, 7) is 18.7. The molecule has 9 heteroatoms. The summed E-state index contributed by atoms with van der Waals surface area (Å²) in [6, 6.07) is 7.40. The van der Waals surface area contributed by atoms with Crippen molar-refractivity contribution in [3.8, 4) is 0 Å². The van der Waals surface area contributed by atoms with E-state index in [1.54, 1.807) is 12.1 Å². The molecule has 6 rings (SSSR count). The number of amides is 1. The first-order chi connectivity index (χ1) is 24.3. The van der Waals surface area contributed by atoms with Gasteiger partial charge in [0.2, 0.25) is 5.91 Å². The summed E-state index contributed by atoms with van der Waals surface area (Å²) in [5.41, 5.74) is 3.60. The second-order valence-electron chi connectivity index (χ2n) is 18.5. The predicted octanol–water partition coefficient (Wildman–Crippen LogP) is 7.62. The molecular formula is C43H60N2O7. The molecule has 0 heterocycles. The third-order valence-electron chi connectivity index (χ3n) is 16.0. The lowest BCUT2D eigenvalue weighted by atomic mass is 9.32. The van der Waals surface area contributed by atoms with Crippen LogP contribution in [-0.4, -0.2) is 70.2 Å². The average Bonchev–Trinajstić information content (AvgIpc) is 3.46. The second kappa shape index (κ2) is 13.4. The Morgan fingerprint density at radius 1 is 0.827 bits per heavy atom. The van der Waals surface area contributed by atoms with Crippen LogP contribution in [-0.2, 0) is 14.4 Å². The van der Waals surface area contributed by atoms with E-state index in [0.717, 1.165) is 68.9 Å². The van der Waals surface area contributed by atoms with Gasteiger partial charge in [0.05, 0.1) is 24.1 Å². The van der Waals surface area contributed by atoms with Crippen LogP contribution >= 0.6 is 0 Å². The monoisotopic (exact) mass is 716 g/mol. The van der Waals surface area contributed by atoms with Gasteiger partial charge in [-0.15, -0.1) is 0 Å². The van der Waals surface area contributed by atoms with Gasteiger partial charge in [-0.2, -0.15) is 0 Å². The van der Waals surface area contributed by atoms with E-state index in [1.165, 1.54) is 10.5 Å². The first kappa shape index (κ1) is 38.3. The van der Waals surface area contributed by atoms with E-state index >= 15 is 0 Å². The molecule has 284 valence electrons. The third kappa shape index (κ3) is 5.93. The van der Waals surface area contributed by atoms with Crippen LogP contribution in [0.3, 0.4) is 0 Å². The van der Waals surface area contributed by atoms with E-state index in [-0.39, 0.29) is 65.6 Å². The molecule has 0 aromatic heterocycles. The summed E-state index contributed by atoms with van der Waals surface area (Å²) in [4.78, 5) is 50.0. The zero-order chi connectivity index (χ0) is 38.0. The van der Waals surface area contributed by atoms with Crippen LogP contribution < -0.4 is 5.32 Å². The summed E-state index contributed by atoms with van der Waals surface area (Å²) < 4.78 is 0. The molecule has 52 heavy (non-hydrogen) atoms. The van der Waals surface area contributed by atoms with Crippen LogP contribution in [0.1, 0.15) is 115 Å². The Balaban J connectivity index is 1.27. The molecule has 4 unspecified atom stereocenters. The van der Waals surface area contributed by atoms with Gasteiger partial charge in [-0.05, 0) is 139 Å². The molecule has 9 atom stereocenters. The number of rotatable bonds is 11. The zero-order valence-electron chi connectivity index (χ0n) is 32.1. The van der Waals surface area contributed by atoms with Gasteiger partial charge in [0.25, 0.3) is 0 Å². The molecule has 1 aromatic rings. The van der Waals surface area contributed by atoms with Crippen LogP contribution in [0.15, 0.2) is 42.5 Å². The van der Waals surface area contributed by atoms with Crippen LogP contribution in [0.4, 0.5) is 0 Å². The highest BCUT2D eigenvalue weighted by atomic mass is 16.4. The normalized spacial score (nSPS) is 37.4. The summed E-state index contributed by atoms with van der Waals surface area (Å²) in [5.74, 6) is -1.20. The first-order valence-corrected chi connectivity index (χ1v) is 19.5. The van der Waals surface area contributed by atoms with Gasteiger partial charge in [0.1, 0.15) is 0 Å². The van der Waals surface area contributed by atoms with Crippen LogP contribution in [0.25, 0.3) is 5.57 Å². The van der Waals surface area contributed by atoms with Gasteiger partial charge in [-0.25, -0.2) is 4.79 Å². The number of hydrogen-bond donors (Lipinski definition) is 4. The summed E-state index contributed by atoms with van der Waals surface area (Å²) >= 11 is 0. The van der Waals surface area contributed by atoms with Gasteiger partial charge >= 0.3 is 17.9 Å². The molecule has 9 nitrogen and oxygen atoms in total. The van der Waals surface area contributed by atoms with Crippen LogP contribution in [0.5, 0.6) is 0 Å². The van der Waals surface area contributed by atoms with Crippen LogP contribution in [0, 0.1) is 56.7 Å². The number of carbonyl (C=O) groups is 4. The lowest BCUT2D eigenvalue weighted by Gasteiger charge is -2.72. The maximum Gasteiger partial charge on any atom is 0.335 e. The minimum Gasteiger partial charge on any atom is -0.480 e. The Kier molecular flexibility index (Phi) is 9.89. The molecule has 0 spiro atoms. The fourth-order valence-electron chi connectivity index (χ4n) is 13.5. The number of carboxylic acids is 3. The van der Waals surface area contributed by atoms with Gasteiger partial charge < -0.3 is 20.6 Å². The zero-order valence-corrected chi connectivity index (χ0v) is 32.1. The fourth-order valence-corrected chi connectivity index (χ4v) is 13.5. The molecule has 4 fully saturated rings. The fraction of sp³-hybridized carbons (Fsp3) is 0.674. The number of aliphatic carboxylic acids is 2. The molecule has 5 aliphatic rings. The van der Waals surface area contributed by atoms with Crippen molar-refractivity contribution in [1.29, 1.82) is 0 Å². The van der Waals surface area contributed by atoms with Crippen LogP contribution in [0.2, 0.25) is 0 Å². The smallest absolute Gasteiger partial charge is 0.335 e. The Bertz CT molecular complexity index is 1650. The first-order valence-electron chi connectivity index (χ1n) is 19.5. The highest BCUT2D eigenvalue weighted by Gasteiger charge is 2.71. The van der Waals surface area contributed by atoms with E-state index < -0.39 is 23.3 Å². The Morgan fingerprint density at radius 2 is 1.48 bits per heavy atom. The van der Waals surface area contributed by atoms with Gasteiger partial charge in [-0.3, -0.25) is 19.3 Å². The quantitative estimate of drug-likeness (QED) is 0.171. The van der Waals surface area contributed by atoms with Crippen molar-refractivity contribution in [3.63, 3.8) is 0 Å². The number of nitrogens with one attached hydrogen (secondary N) is 1. The SMILES string of the molecule is C=C(C)[C@@H]1CC[C@]2(C(=O)NCCN(CC(=O)O)CC(=O)O)CC[C@]3(C)C(CCC4[C@@]5(C)CC=C(c6ccc(C(=O)O)cc6)C(C)(C)C5CC[C@]43C)C12. The number of benzene rings is 1. The number of hydrogen-bond acceptors (Lipinski definition) is 5. The highest BCUT2D eigenvalue weighted by molar-refractivity contribution is 5.88. The van der Waals surface area contributed by atoms with Gasteiger partial charge in [0.15, 0.2) is 0 Å². The molecule has 0 radical (unpaired) electrons. The second-order valence-corrected chi connectivity index (χ2v) is 18.5. The number of carbonyl (C=O) groups excluding carboxylic acids is 1. The lowest BCUT2D eigenvalue weighted by molar-refractivity contribution is -0.225. The molecule has 0 bridgehead atoms. The van der Waals surface area contributed by atoms with Crippen molar-refractivity contribution in [2.45, 2.75) is 99.3 Å². The molecule has 1 aromatic carbocycles. The van der Waals surface area contributed by atoms with Crippen molar-refractivity contribution in [3.05, 3.63) is 53.6 Å². The number of aromatic carboxylic acids is 1. The predicted molar refractivity (Wildman–Crippen MR) is 200 cm³/mol. The van der Waals surface area contributed by atoms with Gasteiger partial charge in [-0.1, -0.05) is 65.0 Å². The minimum absolute atomic E-state index is 0.0416. The maximum atomic E-state index is 14.4. The van der Waals surface area contributed by atoms with E-state index in [2.05, 4.69) is 59.5 Å². The highest BCUT2D eigenvalue weighted by Crippen LogP contribution is 2.77. The Labute approximate surface area is 309 Å². The molecule has 4 N–H and O–H groups in total. The topological polar surface area (TPSA) is 144 Å². The lowest BCUT2D eigenvalue weighted by Crippen LogP contribution is -2.66. The molecule has 1 amide bonds. The van der Waals surface area contributed by atoms with Crippen molar-refractivity contribution >= 4 is 29.4 Å². The van der Waals surface area contributed by atoms with Crippen molar-refractivity contribution < 1.29 is 34.5 Å². The van der Waals surface area contributed by atoms with E-state index in [9.17, 15) is 34.5 Å². The summed E-state index contributed by atoms with van der Waals surface area (Å²) in [7, 11) is 0.